The van der Waals surface area contributed by atoms with Gasteiger partial charge in [-0.25, -0.2) is 0 Å². The Morgan fingerprint density at radius 2 is 1.86 bits per heavy atom. The van der Waals surface area contributed by atoms with Crippen molar-refractivity contribution in [2.75, 3.05) is 6.61 Å². The third-order valence-electron chi connectivity index (χ3n) is 3.20. The Morgan fingerprint density at radius 3 is 2.43 bits per heavy atom. The van der Waals surface area contributed by atoms with Crippen LogP contribution in [0, 0.1) is 11.3 Å². The molecule has 0 aliphatic carbocycles. The number of hydrogen-bond donors (Lipinski definition) is 0. The van der Waals surface area contributed by atoms with Crippen LogP contribution in [0.15, 0.2) is 41.2 Å². The minimum Gasteiger partial charge on any atom is -0.494 e. The maximum atomic E-state index is 12.3. The smallest absolute Gasteiger partial charge is 0.268 e. The second-order valence-corrected chi connectivity index (χ2v) is 4.66. The fraction of sp³-hybridized carbons (Fsp3) is 0.294. The van der Waals surface area contributed by atoms with Gasteiger partial charge in [0.2, 0.25) is 0 Å². The number of ether oxygens (including phenoxy) is 1. The molecular weight excluding hydrogens is 264 g/mol. The molecule has 0 spiro atoms. The number of benzene rings is 1. The van der Waals surface area contributed by atoms with Crippen LogP contribution in [-0.4, -0.2) is 11.2 Å². The Bertz CT molecular complexity index is 709. The summed E-state index contributed by atoms with van der Waals surface area (Å²) in [7, 11) is 0. The summed E-state index contributed by atoms with van der Waals surface area (Å²) in [5.74, 6) is 0.805. The second-order valence-electron chi connectivity index (χ2n) is 4.66. The second kappa shape index (κ2) is 6.76. The average molecular weight is 282 g/mol. The molecule has 21 heavy (non-hydrogen) atoms. The zero-order valence-corrected chi connectivity index (χ0v) is 12.3. The fourth-order valence-corrected chi connectivity index (χ4v) is 2.25. The van der Waals surface area contributed by atoms with E-state index < -0.39 is 0 Å². The lowest BCUT2D eigenvalue weighted by molar-refractivity contribution is 0.340. The van der Waals surface area contributed by atoms with Gasteiger partial charge in [-0.05, 0) is 55.3 Å². The lowest BCUT2D eigenvalue weighted by Gasteiger charge is -2.13. The van der Waals surface area contributed by atoms with Crippen molar-refractivity contribution >= 4 is 0 Å². The maximum absolute atomic E-state index is 12.3. The summed E-state index contributed by atoms with van der Waals surface area (Å²) < 4.78 is 7.08. The van der Waals surface area contributed by atoms with Crippen molar-refractivity contribution in [3.63, 3.8) is 0 Å². The molecule has 0 amide bonds. The maximum Gasteiger partial charge on any atom is 0.268 e. The summed E-state index contributed by atoms with van der Waals surface area (Å²) in [5, 5.41) is 8.99. The Kier molecular flexibility index (Phi) is 4.78. The molecule has 0 bridgehead atoms. The van der Waals surface area contributed by atoms with Crippen LogP contribution in [0.1, 0.15) is 25.8 Å². The molecule has 2 rings (SSSR count). The number of pyridine rings is 1. The van der Waals surface area contributed by atoms with Gasteiger partial charge in [0, 0.05) is 6.54 Å². The largest absolute Gasteiger partial charge is 0.494 e. The van der Waals surface area contributed by atoms with E-state index in [1.807, 2.05) is 50.2 Å². The highest BCUT2D eigenvalue weighted by molar-refractivity contribution is 5.61. The number of aromatic nitrogens is 1. The highest BCUT2D eigenvalue weighted by atomic mass is 16.5. The molecule has 0 aliphatic rings. The van der Waals surface area contributed by atoms with Gasteiger partial charge in [-0.15, -0.1) is 0 Å². The first kappa shape index (κ1) is 14.9. The summed E-state index contributed by atoms with van der Waals surface area (Å²) >= 11 is 0. The van der Waals surface area contributed by atoms with E-state index in [9.17, 15) is 4.79 Å². The highest BCUT2D eigenvalue weighted by Crippen LogP contribution is 2.22. The van der Waals surface area contributed by atoms with Crippen LogP contribution in [0.3, 0.4) is 0 Å². The van der Waals surface area contributed by atoms with E-state index in [2.05, 4.69) is 0 Å². The van der Waals surface area contributed by atoms with E-state index in [-0.39, 0.29) is 11.1 Å². The van der Waals surface area contributed by atoms with Crippen molar-refractivity contribution in [3.05, 3.63) is 52.3 Å². The zero-order chi connectivity index (χ0) is 15.2. The normalized spacial score (nSPS) is 10.1. The van der Waals surface area contributed by atoms with Gasteiger partial charge >= 0.3 is 0 Å². The predicted molar refractivity (Wildman–Crippen MR) is 82.3 cm³/mol. The van der Waals surface area contributed by atoms with Crippen molar-refractivity contribution in [3.8, 4) is 23.1 Å². The first-order chi connectivity index (χ1) is 10.2. The first-order valence-corrected chi connectivity index (χ1v) is 7.08. The van der Waals surface area contributed by atoms with E-state index in [0.717, 1.165) is 23.4 Å². The summed E-state index contributed by atoms with van der Waals surface area (Å²) in [6, 6.07) is 13.0. The lowest BCUT2D eigenvalue weighted by atomic mass is 10.1. The molecule has 0 saturated carbocycles. The number of nitriles is 1. The summed E-state index contributed by atoms with van der Waals surface area (Å²) in [6.45, 7) is 5.16. The van der Waals surface area contributed by atoms with Crippen molar-refractivity contribution in [1.82, 2.24) is 4.57 Å². The molecule has 0 saturated heterocycles. The van der Waals surface area contributed by atoms with Crippen molar-refractivity contribution in [1.29, 1.82) is 5.26 Å². The molecule has 1 aromatic heterocycles. The molecule has 0 fully saturated rings. The SMILES string of the molecule is CCCn1c(-c2ccc(OCC)cc2)ccc(C#N)c1=O. The Balaban J connectivity index is 2.50. The van der Waals surface area contributed by atoms with Crippen molar-refractivity contribution in [2.45, 2.75) is 26.8 Å². The quantitative estimate of drug-likeness (QED) is 0.846. The molecule has 0 atom stereocenters. The molecule has 0 unspecified atom stereocenters. The average Bonchev–Trinajstić information content (AvgIpc) is 2.51. The topological polar surface area (TPSA) is 55.0 Å². The molecule has 4 heteroatoms. The number of rotatable bonds is 5. The number of nitrogens with zero attached hydrogens (tertiary/aromatic N) is 2. The van der Waals surface area contributed by atoms with Crippen LogP contribution >= 0.6 is 0 Å². The van der Waals surface area contributed by atoms with Crippen LogP contribution in [0.2, 0.25) is 0 Å². The highest BCUT2D eigenvalue weighted by Gasteiger charge is 2.09. The van der Waals surface area contributed by atoms with E-state index in [1.54, 1.807) is 10.6 Å². The van der Waals surface area contributed by atoms with Crippen LogP contribution in [-0.2, 0) is 6.54 Å². The van der Waals surface area contributed by atoms with E-state index in [0.29, 0.717) is 13.2 Å². The molecule has 0 aliphatic heterocycles. The summed E-state index contributed by atoms with van der Waals surface area (Å²) in [5.41, 5.74) is 1.71. The Morgan fingerprint density at radius 1 is 1.14 bits per heavy atom. The van der Waals surface area contributed by atoms with Gasteiger partial charge in [0.1, 0.15) is 17.4 Å². The molecule has 108 valence electrons. The molecule has 2 aromatic rings. The monoisotopic (exact) mass is 282 g/mol. The molecule has 0 radical (unpaired) electrons. The molecule has 1 heterocycles. The summed E-state index contributed by atoms with van der Waals surface area (Å²) in [4.78, 5) is 12.3. The van der Waals surface area contributed by atoms with Gasteiger partial charge in [0.15, 0.2) is 0 Å². The minimum atomic E-state index is -0.231. The van der Waals surface area contributed by atoms with Gasteiger partial charge in [-0.1, -0.05) is 6.92 Å². The molecule has 1 aromatic carbocycles. The third-order valence-corrected chi connectivity index (χ3v) is 3.20. The van der Waals surface area contributed by atoms with E-state index in [4.69, 9.17) is 10.00 Å². The Labute approximate surface area is 124 Å². The zero-order valence-electron chi connectivity index (χ0n) is 12.3. The predicted octanol–water partition coefficient (Wildman–Crippen LogP) is 3.20. The Hall–Kier alpha value is -2.54. The van der Waals surface area contributed by atoms with Crippen LogP contribution < -0.4 is 10.3 Å². The van der Waals surface area contributed by atoms with Gasteiger partial charge in [-0.3, -0.25) is 4.79 Å². The fourth-order valence-electron chi connectivity index (χ4n) is 2.25. The van der Waals surface area contributed by atoms with Crippen molar-refractivity contribution in [2.24, 2.45) is 0 Å². The number of hydrogen-bond acceptors (Lipinski definition) is 3. The minimum absolute atomic E-state index is 0.179. The van der Waals surface area contributed by atoms with Gasteiger partial charge in [0.05, 0.1) is 12.3 Å². The van der Waals surface area contributed by atoms with Crippen molar-refractivity contribution < 1.29 is 4.74 Å². The molecular formula is C17H18N2O2. The van der Waals surface area contributed by atoms with E-state index in [1.165, 1.54) is 0 Å². The van der Waals surface area contributed by atoms with Gasteiger partial charge in [-0.2, -0.15) is 5.26 Å². The van der Waals surface area contributed by atoms with Gasteiger partial charge < -0.3 is 9.30 Å². The summed E-state index contributed by atoms with van der Waals surface area (Å²) in [6.07, 6.45) is 0.832. The third kappa shape index (κ3) is 3.14. The molecule has 4 nitrogen and oxygen atoms in total. The standard InChI is InChI=1S/C17H18N2O2/c1-3-11-19-16(10-7-14(12-18)17(19)20)13-5-8-15(9-6-13)21-4-2/h5-10H,3-4,11H2,1-2H3. The van der Waals surface area contributed by atoms with Crippen LogP contribution in [0.5, 0.6) is 5.75 Å². The first-order valence-electron chi connectivity index (χ1n) is 7.08. The van der Waals surface area contributed by atoms with Crippen LogP contribution in [0.4, 0.5) is 0 Å². The van der Waals surface area contributed by atoms with E-state index >= 15 is 0 Å². The van der Waals surface area contributed by atoms with Crippen LogP contribution in [0.25, 0.3) is 11.3 Å². The van der Waals surface area contributed by atoms with Gasteiger partial charge in [0.25, 0.3) is 5.56 Å². The molecule has 0 N–H and O–H groups in total. The lowest BCUT2D eigenvalue weighted by Crippen LogP contribution is -2.23.